The summed E-state index contributed by atoms with van der Waals surface area (Å²) < 4.78 is 0. The molecule has 2 aromatic rings. The van der Waals surface area contributed by atoms with Gasteiger partial charge in [-0.05, 0) is 44.8 Å². The lowest BCUT2D eigenvalue weighted by molar-refractivity contribution is 0.818. The Morgan fingerprint density at radius 1 is 0.944 bits per heavy atom. The van der Waals surface area contributed by atoms with E-state index >= 15 is 0 Å². The van der Waals surface area contributed by atoms with Crippen LogP contribution in [0.1, 0.15) is 34.2 Å². The number of hydrogen-bond donors (Lipinski definition) is 0. The molecule has 18 heavy (non-hydrogen) atoms. The third-order valence-corrected chi connectivity index (χ3v) is 2.79. The standard InChI is InChI=1S/C13H17BN4/c1-8-4-11(5-9(2)15-8)6-12-13(7-14)16-10(3)17-18-12/h4-5H,6-7,14H2,1-3H3. The largest absolute Gasteiger partial charge is 0.258 e. The zero-order valence-electron chi connectivity index (χ0n) is 11.4. The van der Waals surface area contributed by atoms with Crippen LogP contribution in [0.5, 0.6) is 0 Å². The second-order valence-electron chi connectivity index (χ2n) is 4.54. The highest BCUT2D eigenvalue weighted by molar-refractivity contribution is 6.08. The minimum atomic E-state index is 0.734. The van der Waals surface area contributed by atoms with Crippen molar-refractivity contribution < 1.29 is 0 Å². The van der Waals surface area contributed by atoms with Crippen molar-refractivity contribution in [3.8, 4) is 0 Å². The first-order valence-corrected chi connectivity index (χ1v) is 6.21. The van der Waals surface area contributed by atoms with Crippen molar-refractivity contribution in [1.82, 2.24) is 20.2 Å². The highest BCUT2D eigenvalue weighted by atomic mass is 15.2. The monoisotopic (exact) mass is 240 g/mol. The molecule has 0 N–H and O–H groups in total. The summed E-state index contributed by atoms with van der Waals surface area (Å²) in [5, 5.41) is 8.32. The van der Waals surface area contributed by atoms with E-state index in [2.05, 4.69) is 40.1 Å². The first-order chi connectivity index (χ1) is 8.58. The van der Waals surface area contributed by atoms with Crippen LogP contribution >= 0.6 is 0 Å². The van der Waals surface area contributed by atoms with E-state index in [1.54, 1.807) is 0 Å². The maximum Gasteiger partial charge on any atom is 0.148 e. The fourth-order valence-corrected chi connectivity index (χ4v) is 2.11. The predicted octanol–water partition coefficient (Wildman–Crippen LogP) is 0.916. The molecule has 4 nitrogen and oxygen atoms in total. The Morgan fingerprint density at radius 2 is 1.61 bits per heavy atom. The Labute approximate surface area is 108 Å². The predicted molar refractivity (Wildman–Crippen MR) is 73.3 cm³/mol. The number of aryl methyl sites for hydroxylation is 3. The summed E-state index contributed by atoms with van der Waals surface area (Å²) in [6.07, 6.45) is 1.66. The fraction of sp³-hybridized carbons (Fsp3) is 0.385. The smallest absolute Gasteiger partial charge is 0.148 e. The second kappa shape index (κ2) is 5.25. The van der Waals surface area contributed by atoms with Crippen LogP contribution in [0, 0.1) is 20.8 Å². The first kappa shape index (κ1) is 12.7. The van der Waals surface area contributed by atoms with Crippen LogP contribution in [0.4, 0.5) is 0 Å². The highest BCUT2D eigenvalue weighted by Gasteiger charge is 2.08. The van der Waals surface area contributed by atoms with Crippen molar-refractivity contribution >= 4 is 7.85 Å². The average molecular weight is 240 g/mol. The summed E-state index contributed by atoms with van der Waals surface area (Å²) in [7, 11) is 2.09. The SMILES string of the molecule is BCc1nc(C)nnc1Cc1cc(C)nc(C)c1. The summed E-state index contributed by atoms with van der Waals surface area (Å²) in [5.41, 5.74) is 5.30. The van der Waals surface area contributed by atoms with Gasteiger partial charge in [-0.1, -0.05) is 0 Å². The van der Waals surface area contributed by atoms with E-state index in [9.17, 15) is 0 Å². The van der Waals surface area contributed by atoms with E-state index in [1.807, 2.05) is 20.8 Å². The van der Waals surface area contributed by atoms with Gasteiger partial charge >= 0.3 is 0 Å². The summed E-state index contributed by atoms with van der Waals surface area (Å²) in [6, 6.07) is 4.18. The lowest BCUT2D eigenvalue weighted by Gasteiger charge is -2.07. The van der Waals surface area contributed by atoms with E-state index in [0.717, 1.165) is 41.3 Å². The molecule has 0 aromatic carbocycles. The van der Waals surface area contributed by atoms with Crippen LogP contribution in [-0.4, -0.2) is 28.0 Å². The molecule has 0 aliphatic heterocycles. The van der Waals surface area contributed by atoms with Crippen molar-refractivity contribution in [3.05, 3.63) is 46.3 Å². The van der Waals surface area contributed by atoms with Crippen LogP contribution in [0.15, 0.2) is 12.1 Å². The molecule has 0 spiro atoms. The molecule has 2 rings (SSSR count). The normalized spacial score (nSPS) is 10.6. The molecule has 2 heterocycles. The molecule has 0 atom stereocenters. The van der Waals surface area contributed by atoms with Crippen molar-refractivity contribution in [1.29, 1.82) is 0 Å². The summed E-state index contributed by atoms with van der Waals surface area (Å²) in [6.45, 7) is 5.89. The molecule has 0 bridgehead atoms. The Morgan fingerprint density at radius 3 is 2.22 bits per heavy atom. The molecule has 0 radical (unpaired) electrons. The van der Waals surface area contributed by atoms with Gasteiger partial charge in [0.1, 0.15) is 13.7 Å². The molecule has 0 aliphatic carbocycles. The van der Waals surface area contributed by atoms with Gasteiger partial charge < -0.3 is 0 Å². The Kier molecular flexibility index (Phi) is 3.70. The van der Waals surface area contributed by atoms with Crippen molar-refractivity contribution in [2.75, 3.05) is 0 Å². The average Bonchev–Trinajstić information content (AvgIpc) is 2.30. The third-order valence-electron chi connectivity index (χ3n) is 2.79. The van der Waals surface area contributed by atoms with Crippen molar-refractivity contribution in [2.45, 2.75) is 33.5 Å². The van der Waals surface area contributed by atoms with Gasteiger partial charge in [-0.2, -0.15) is 5.10 Å². The maximum atomic E-state index is 4.44. The van der Waals surface area contributed by atoms with E-state index in [0.29, 0.717) is 0 Å². The lowest BCUT2D eigenvalue weighted by atomic mass is 9.97. The van der Waals surface area contributed by atoms with Crippen molar-refractivity contribution in [3.63, 3.8) is 0 Å². The third kappa shape index (κ3) is 2.91. The van der Waals surface area contributed by atoms with Crippen LogP contribution < -0.4 is 0 Å². The van der Waals surface area contributed by atoms with Gasteiger partial charge in [0.05, 0.1) is 11.4 Å². The summed E-state index contributed by atoms with van der Waals surface area (Å²) >= 11 is 0. The van der Waals surface area contributed by atoms with Gasteiger partial charge in [0, 0.05) is 17.8 Å². The van der Waals surface area contributed by atoms with Crippen LogP contribution in [0.2, 0.25) is 0 Å². The van der Waals surface area contributed by atoms with Crippen LogP contribution in [-0.2, 0) is 12.7 Å². The fourth-order valence-electron chi connectivity index (χ4n) is 2.11. The Bertz CT molecular complexity index is 549. The Hall–Kier alpha value is -1.78. The molecule has 0 fully saturated rings. The van der Waals surface area contributed by atoms with Gasteiger partial charge in [-0.3, -0.25) is 4.98 Å². The van der Waals surface area contributed by atoms with Crippen molar-refractivity contribution in [2.24, 2.45) is 0 Å². The van der Waals surface area contributed by atoms with Gasteiger partial charge in [0.15, 0.2) is 0 Å². The maximum absolute atomic E-state index is 4.44. The zero-order chi connectivity index (χ0) is 13.1. The summed E-state index contributed by atoms with van der Waals surface area (Å²) in [5.74, 6) is 0.734. The van der Waals surface area contributed by atoms with Gasteiger partial charge in [0.25, 0.3) is 0 Å². The molecule has 0 saturated heterocycles. The number of aromatic nitrogens is 4. The highest BCUT2D eigenvalue weighted by Crippen LogP contribution is 2.12. The van der Waals surface area contributed by atoms with E-state index in [4.69, 9.17) is 0 Å². The molecule has 2 aromatic heterocycles. The number of rotatable bonds is 3. The molecule has 5 heteroatoms. The minimum Gasteiger partial charge on any atom is -0.258 e. The van der Waals surface area contributed by atoms with Crippen LogP contribution in [0.25, 0.3) is 0 Å². The number of nitrogens with zero attached hydrogens (tertiary/aromatic N) is 4. The topological polar surface area (TPSA) is 51.6 Å². The molecular weight excluding hydrogens is 223 g/mol. The second-order valence-corrected chi connectivity index (χ2v) is 4.54. The minimum absolute atomic E-state index is 0.734. The van der Waals surface area contributed by atoms with Gasteiger partial charge in [-0.25, -0.2) is 4.98 Å². The number of hydrogen-bond acceptors (Lipinski definition) is 4. The molecular formula is C13H17BN4. The number of pyridine rings is 1. The van der Waals surface area contributed by atoms with E-state index in [-0.39, 0.29) is 0 Å². The van der Waals surface area contributed by atoms with Gasteiger partial charge in [-0.15, -0.1) is 5.10 Å². The zero-order valence-corrected chi connectivity index (χ0v) is 11.4. The van der Waals surface area contributed by atoms with E-state index < -0.39 is 0 Å². The van der Waals surface area contributed by atoms with E-state index in [1.165, 1.54) is 5.56 Å². The molecule has 0 amide bonds. The first-order valence-electron chi connectivity index (χ1n) is 6.21. The Balaban J connectivity index is 2.33. The molecule has 0 aliphatic rings. The van der Waals surface area contributed by atoms with Gasteiger partial charge in [0.2, 0.25) is 0 Å². The summed E-state index contributed by atoms with van der Waals surface area (Å²) in [4.78, 5) is 8.82. The van der Waals surface area contributed by atoms with Crippen LogP contribution in [0.3, 0.4) is 0 Å². The quantitative estimate of drug-likeness (QED) is 0.748. The molecule has 92 valence electrons. The molecule has 0 unspecified atom stereocenters. The molecule has 0 saturated carbocycles. The lowest BCUT2D eigenvalue weighted by Crippen LogP contribution is -2.07.